The van der Waals surface area contributed by atoms with Crippen LogP contribution in [0.25, 0.3) is 0 Å². The van der Waals surface area contributed by atoms with Crippen molar-refractivity contribution in [3.8, 4) is 0 Å². The van der Waals surface area contributed by atoms with Crippen LogP contribution >= 0.6 is 0 Å². The average Bonchev–Trinajstić information content (AvgIpc) is 2.32. The van der Waals surface area contributed by atoms with Gasteiger partial charge in [-0.25, -0.2) is 8.78 Å². The Bertz CT molecular complexity index is 384. The number of methoxy groups -OCH3 is 1. The minimum Gasteiger partial charge on any atom is -0.381 e. The molecular weight excluding hydrogens is 236 g/mol. The molecule has 0 spiro atoms. The van der Waals surface area contributed by atoms with Gasteiger partial charge < -0.3 is 10.5 Å². The normalized spacial score (nSPS) is 14.5. The van der Waals surface area contributed by atoms with Gasteiger partial charge in [0.05, 0.1) is 6.61 Å². The van der Waals surface area contributed by atoms with Gasteiger partial charge >= 0.3 is 0 Å². The number of benzene rings is 1. The topological polar surface area (TPSA) is 35.2 Å². The van der Waals surface area contributed by atoms with Crippen molar-refractivity contribution in [1.82, 2.24) is 0 Å². The molecule has 0 aliphatic carbocycles. The Hall–Kier alpha value is -1.00. The van der Waals surface area contributed by atoms with E-state index in [0.29, 0.717) is 24.9 Å². The number of hydrogen-bond acceptors (Lipinski definition) is 2. The highest BCUT2D eigenvalue weighted by Crippen LogP contribution is 2.26. The summed E-state index contributed by atoms with van der Waals surface area (Å²) in [5, 5.41) is 0. The molecule has 1 unspecified atom stereocenters. The van der Waals surface area contributed by atoms with Crippen molar-refractivity contribution < 1.29 is 13.5 Å². The van der Waals surface area contributed by atoms with Crippen molar-refractivity contribution in [3.63, 3.8) is 0 Å². The van der Waals surface area contributed by atoms with Crippen LogP contribution in [0.5, 0.6) is 0 Å². The highest BCUT2D eigenvalue weighted by molar-refractivity contribution is 5.28. The van der Waals surface area contributed by atoms with Crippen LogP contribution in [0.4, 0.5) is 8.78 Å². The maximum absolute atomic E-state index is 14.7. The van der Waals surface area contributed by atoms with Gasteiger partial charge in [0.1, 0.15) is 11.5 Å². The fraction of sp³-hybridized carbons (Fsp3) is 0.571. The van der Waals surface area contributed by atoms with E-state index >= 15 is 0 Å². The zero-order valence-corrected chi connectivity index (χ0v) is 11.0. The summed E-state index contributed by atoms with van der Waals surface area (Å²) in [6.07, 6.45) is 1.08. The molecule has 0 radical (unpaired) electrons. The van der Waals surface area contributed by atoms with Crippen LogP contribution in [0, 0.1) is 12.7 Å². The lowest BCUT2D eigenvalue weighted by atomic mass is 9.90. The third-order valence-corrected chi connectivity index (χ3v) is 3.05. The van der Waals surface area contributed by atoms with E-state index < -0.39 is 5.67 Å². The van der Waals surface area contributed by atoms with Gasteiger partial charge in [0, 0.05) is 13.5 Å². The number of halogens is 2. The smallest absolute Gasteiger partial charge is 0.138 e. The Morgan fingerprint density at radius 2 is 2.11 bits per heavy atom. The molecule has 0 fully saturated rings. The van der Waals surface area contributed by atoms with Crippen molar-refractivity contribution in [2.75, 3.05) is 20.3 Å². The molecule has 0 heterocycles. The molecule has 1 rings (SSSR count). The van der Waals surface area contributed by atoms with Crippen molar-refractivity contribution in [2.45, 2.75) is 31.9 Å². The van der Waals surface area contributed by atoms with E-state index in [-0.39, 0.29) is 18.8 Å². The molecule has 0 saturated heterocycles. The summed E-state index contributed by atoms with van der Waals surface area (Å²) in [5.74, 6) is -0.339. The fourth-order valence-corrected chi connectivity index (χ4v) is 2.06. The minimum atomic E-state index is -1.48. The van der Waals surface area contributed by atoms with Gasteiger partial charge in [0.25, 0.3) is 0 Å². The maximum atomic E-state index is 14.7. The van der Waals surface area contributed by atoms with E-state index in [4.69, 9.17) is 10.5 Å². The molecule has 1 aromatic carbocycles. The molecule has 102 valence electrons. The Balaban J connectivity index is 2.84. The molecule has 0 aromatic heterocycles. The monoisotopic (exact) mass is 257 g/mol. The minimum absolute atomic E-state index is 0.00293. The number of ether oxygens (including phenoxy) is 1. The first-order chi connectivity index (χ1) is 8.50. The molecule has 2 nitrogen and oxygen atoms in total. The Kier molecular flexibility index (Phi) is 5.69. The molecule has 18 heavy (non-hydrogen) atoms. The van der Waals surface area contributed by atoms with Gasteiger partial charge in [0.2, 0.25) is 0 Å². The number of aryl methyl sites for hydroxylation is 1. The standard InChI is InChI=1S/C14H21F2NO/c1-11-4-5-13(15)8-12(11)9-14(16,10-18-2)6-3-7-17/h4-5,8H,3,6-7,9-10,17H2,1-2H3. The van der Waals surface area contributed by atoms with Crippen LogP contribution in [0.3, 0.4) is 0 Å². The molecule has 0 aliphatic heterocycles. The molecule has 2 N–H and O–H groups in total. The molecule has 0 saturated carbocycles. The predicted octanol–water partition coefficient (Wildman–Crippen LogP) is 2.77. The number of nitrogens with two attached hydrogens (primary N) is 1. The van der Waals surface area contributed by atoms with Crippen LogP contribution in [-0.2, 0) is 11.2 Å². The summed E-state index contributed by atoms with van der Waals surface area (Å²) in [6.45, 7) is 2.30. The largest absolute Gasteiger partial charge is 0.381 e. The van der Waals surface area contributed by atoms with Crippen molar-refractivity contribution in [3.05, 3.63) is 35.1 Å². The second kappa shape index (κ2) is 6.81. The average molecular weight is 257 g/mol. The van der Waals surface area contributed by atoms with E-state index in [0.717, 1.165) is 5.56 Å². The van der Waals surface area contributed by atoms with Crippen LogP contribution in [0.1, 0.15) is 24.0 Å². The molecular formula is C14H21F2NO. The summed E-state index contributed by atoms with van der Waals surface area (Å²) >= 11 is 0. The number of alkyl halides is 1. The van der Waals surface area contributed by atoms with Gasteiger partial charge in [-0.05, 0) is 49.6 Å². The zero-order chi connectivity index (χ0) is 13.6. The second-order valence-electron chi connectivity index (χ2n) is 4.72. The molecule has 0 aliphatic rings. The molecule has 1 aromatic rings. The maximum Gasteiger partial charge on any atom is 0.138 e. The van der Waals surface area contributed by atoms with E-state index in [1.165, 1.54) is 19.2 Å². The summed E-state index contributed by atoms with van der Waals surface area (Å²) in [5.41, 5.74) is 5.51. The summed E-state index contributed by atoms with van der Waals surface area (Å²) in [6, 6.07) is 4.44. The third kappa shape index (κ3) is 4.35. The third-order valence-electron chi connectivity index (χ3n) is 3.05. The first-order valence-electron chi connectivity index (χ1n) is 6.14. The first kappa shape index (κ1) is 15.1. The Labute approximate surface area is 107 Å². The van der Waals surface area contributed by atoms with Gasteiger partial charge in [-0.2, -0.15) is 0 Å². The van der Waals surface area contributed by atoms with E-state index in [9.17, 15) is 8.78 Å². The lowest BCUT2D eigenvalue weighted by Crippen LogP contribution is -2.32. The second-order valence-corrected chi connectivity index (χ2v) is 4.72. The number of hydrogen-bond donors (Lipinski definition) is 1. The Morgan fingerprint density at radius 1 is 1.39 bits per heavy atom. The molecule has 0 bridgehead atoms. The van der Waals surface area contributed by atoms with Crippen LogP contribution in [-0.4, -0.2) is 25.9 Å². The fourth-order valence-electron chi connectivity index (χ4n) is 2.06. The van der Waals surface area contributed by atoms with E-state index in [1.54, 1.807) is 6.07 Å². The highest BCUT2D eigenvalue weighted by Gasteiger charge is 2.30. The van der Waals surface area contributed by atoms with Crippen molar-refractivity contribution in [1.29, 1.82) is 0 Å². The SMILES string of the molecule is COCC(F)(CCCN)Cc1cc(F)ccc1C. The van der Waals surface area contributed by atoms with Crippen LogP contribution < -0.4 is 5.73 Å². The highest BCUT2D eigenvalue weighted by atomic mass is 19.1. The quantitative estimate of drug-likeness (QED) is 0.815. The van der Waals surface area contributed by atoms with Crippen molar-refractivity contribution in [2.24, 2.45) is 5.73 Å². The summed E-state index contributed by atoms with van der Waals surface area (Å²) in [7, 11) is 1.47. The Morgan fingerprint density at radius 3 is 2.72 bits per heavy atom. The van der Waals surface area contributed by atoms with E-state index in [1.807, 2.05) is 6.92 Å². The predicted molar refractivity (Wildman–Crippen MR) is 68.8 cm³/mol. The molecule has 4 heteroatoms. The van der Waals surface area contributed by atoms with Gasteiger partial charge in [-0.1, -0.05) is 6.07 Å². The summed E-state index contributed by atoms with van der Waals surface area (Å²) < 4.78 is 32.8. The number of rotatable bonds is 7. The molecule has 0 amide bonds. The van der Waals surface area contributed by atoms with Gasteiger partial charge in [0.15, 0.2) is 0 Å². The van der Waals surface area contributed by atoms with Gasteiger partial charge in [-0.15, -0.1) is 0 Å². The van der Waals surface area contributed by atoms with Crippen LogP contribution in [0.2, 0.25) is 0 Å². The summed E-state index contributed by atoms with van der Waals surface area (Å²) in [4.78, 5) is 0. The van der Waals surface area contributed by atoms with Crippen LogP contribution in [0.15, 0.2) is 18.2 Å². The van der Waals surface area contributed by atoms with E-state index in [2.05, 4.69) is 0 Å². The zero-order valence-electron chi connectivity index (χ0n) is 11.0. The lowest BCUT2D eigenvalue weighted by molar-refractivity contribution is 0.0333. The first-order valence-corrected chi connectivity index (χ1v) is 6.14. The lowest BCUT2D eigenvalue weighted by Gasteiger charge is -2.25. The van der Waals surface area contributed by atoms with Gasteiger partial charge in [-0.3, -0.25) is 0 Å². The molecule has 1 atom stereocenters. The van der Waals surface area contributed by atoms with Crippen molar-refractivity contribution >= 4 is 0 Å².